The first-order valence-corrected chi connectivity index (χ1v) is 8.05. The molecule has 1 atom stereocenters. The fourth-order valence-corrected chi connectivity index (χ4v) is 4.74. The predicted octanol–water partition coefficient (Wildman–Crippen LogP) is 3.22. The summed E-state index contributed by atoms with van der Waals surface area (Å²) in [6.07, 6.45) is 0. The Labute approximate surface area is 109 Å². The number of sulfonamides is 1. The highest BCUT2D eigenvalue weighted by Crippen LogP contribution is 2.29. The average Bonchev–Trinajstić information content (AvgIpc) is 2.49. The summed E-state index contributed by atoms with van der Waals surface area (Å²) in [5.41, 5.74) is -0.100. The molecule has 0 radical (unpaired) electrons. The van der Waals surface area contributed by atoms with Gasteiger partial charge in [0.25, 0.3) is 10.0 Å². The van der Waals surface area contributed by atoms with Crippen molar-refractivity contribution in [3.63, 3.8) is 0 Å². The molecule has 3 nitrogen and oxygen atoms in total. The molecule has 6 heteroatoms. The van der Waals surface area contributed by atoms with Gasteiger partial charge < -0.3 is 0 Å². The van der Waals surface area contributed by atoms with E-state index in [1.807, 2.05) is 27.7 Å². The topological polar surface area (TPSA) is 46.2 Å². The summed E-state index contributed by atoms with van der Waals surface area (Å²) in [5, 5.41) is 1.75. The lowest BCUT2D eigenvalue weighted by molar-refractivity contribution is 0.318. The predicted molar refractivity (Wildman–Crippen MR) is 71.3 cm³/mol. The Kier molecular flexibility index (Phi) is 4.21. The second kappa shape index (κ2) is 4.76. The van der Waals surface area contributed by atoms with Gasteiger partial charge in [-0.2, -0.15) is 0 Å². The minimum Gasteiger partial charge on any atom is -0.207 e. The number of halogens is 1. The van der Waals surface area contributed by atoms with Crippen molar-refractivity contribution in [1.82, 2.24) is 4.72 Å². The molecule has 0 bridgehead atoms. The largest absolute Gasteiger partial charge is 0.251 e. The van der Waals surface area contributed by atoms with E-state index >= 15 is 0 Å². The fourth-order valence-electron chi connectivity index (χ4n) is 0.935. The fraction of sp³-hybridized carbons (Fsp3) is 0.600. The third-order valence-electron chi connectivity index (χ3n) is 2.46. The van der Waals surface area contributed by atoms with Crippen molar-refractivity contribution in [2.24, 2.45) is 5.41 Å². The second-order valence-electron chi connectivity index (χ2n) is 4.76. The minimum absolute atomic E-state index is 0.100. The van der Waals surface area contributed by atoms with Crippen LogP contribution in [0.1, 0.15) is 27.7 Å². The number of hydrogen-bond donors (Lipinski definition) is 1. The summed E-state index contributed by atoms with van der Waals surface area (Å²) < 4.78 is 27.7. The molecule has 0 saturated heterocycles. The van der Waals surface area contributed by atoms with E-state index in [-0.39, 0.29) is 11.5 Å². The van der Waals surface area contributed by atoms with E-state index < -0.39 is 10.0 Å². The standard InChI is InChI=1S/C10H16BrNO2S2/c1-7(10(2,3)4)12-16(13,14)9-8(11)5-6-15-9/h5-7,12H,1-4H3. The van der Waals surface area contributed by atoms with Gasteiger partial charge in [0.15, 0.2) is 0 Å². The highest BCUT2D eigenvalue weighted by Gasteiger charge is 2.27. The zero-order valence-electron chi connectivity index (χ0n) is 9.74. The Morgan fingerprint density at radius 2 is 2.00 bits per heavy atom. The highest BCUT2D eigenvalue weighted by molar-refractivity contribution is 9.10. The van der Waals surface area contributed by atoms with Crippen molar-refractivity contribution >= 4 is 37.3 Å². The Hall–Kier alpha value is 0.0900. The van der Waals surface area contributed by atoms with Crippen LogP contribution in [0.4, 0.5) is 0 Å². The first kappa shape index (κ1) is 14.2. The molecule has 0 aliphatic rings. The van der Waals surface area contributed by atoms with E-state index in [0.717, 1.165) is 0 Å². The summed E-state index contributed by atoms with van der Waals surface area (Å²) in [7, 11) is -3.41. The second-order valence-corrected chi connectivity index (χ2v) is 8.44. The summed E-state index contributed by atoms with van der Waals surface area (Å²) in [6.45, 7) is 7.88. The van der Waals surface area contributed by atoms with Crippen LogP contribution in [0, 0.1) is 5.41 Å². The SMILES string of the molecule is CC(NS(=O)(=O)c1sccc1Br)C(C)(C)C. The van der Waals surface area contributed by atoms with Crippen LogP contribution in [0.3, 0.4) is 0 Å². The number of thiophene rings is 1. The van der Waals surface area contributed by atoms with Gasteiger partial charge in [-0.3, -0.25) is 0 Å². The van der Waals surface area contributed by atoms with E-state index in [1.165, 1.54) is 11.3 Å². The normalized spacial score (nSPS) is 15.1. The summed E-state index contributed by atoms with van der Waals surface area (Å²) in [4.78, 5) is 0. The third kappa shape index (κ3) is 3.29. The molecule has 16 heavy (non-hydrogen) atoms. The Morgan fingerprint density at radius 3 is 2.38 bits per heavy atom. The van der Waals surface area contributed by atoms with E-state index in [0.29, 0.717) is 8.68 Å². The first-order chi connectivity index (χ1) is 7.14. The lowest BCUT2D eigenvalue weighted by atomic mass is 9.89. The molecule has 0 amide bonds. The number of hydrogen-bond acceptors (Lipinski definition) is 3. The van der Waals surface area contributed by atoms with E-state index in [2.05, 4.69) is 20.7 Å². The van der Waals surface area contributed by atoms with Crippen LogP contribution in [-0.4, -0.2) is 14.5 Å². The monoisotopic (exact) mass is 325 g/mol. The number of nitrogens with one attached hydrogen (secondary N) is 1. The quantitative estimate of drug-likeness (QED) is 0.927. The molecule has 92 valence electrons. The van der Waals surface area contributed by atoms with Gasteiger partial charge in [0.1, 0.15) is 4.21 Å². The van der Waals surface area contributed by atoms with Crippen molar-refractivity contribution in [1.29, 1.82) is 0 Å². The summed E-state index contributed by atoms with van der Waals surface area (Å²) in [5.74, 6) is 0. The van der Waals surface area contributed by atoms with Crippen LogP contribution >= 0.6 is 27.3 Å². The van der Waals surface area contributed by atoms with Crippen LogP contribution in [0.15, 0.2) is 20.1 Å². The zero-order chi connectivity index (χ0) is 12.6. The van der Waals surface area contributed by atoms with Gasteiger partial charge in [-0.15, -0.1) is 11.3 Å². The molecule has 0 aromatic carbocycles. The van der Waals surface area contributed by atoms with Crippen LogP contribution in [0.2, 0.25) is 0 Å². The van der Waals surface area contributed by atoms with Crippen LogP contribution in [-0.2, 0) is 10.0 Å². The van der Waals surface area contributed by atoms with Crippen LogP contribution in [0.5, 0.6) is 0 Å². The van der Waals surface area contributed by atoms with Crippen molar-refractivity contribution in [3.8, 4) is 0 Å². The Morgan fingerprint density at radius 1 is 1.44 bits per heavy atom. The molecule has 0 saturated carbocycles. The lowest BCUT2D eigenvalue weighted by Gasteiger charge is -2.27. The maximum Gasteiger partial charge on any atom is 0.251 e. The van der Waals surface area contributed by atoms with Crippen molar-refractivity contribution in [3.05, 3.63) is 15.9 Å². The average molecular weight is 326 g/mol. The summed E-state index contributed by atoms with van der Waals surface area (Å²) in [6, 6.07) is 1.62. The van der Waals surface area contributed by atoms with Gasteiger partial charge in [-0.05, 0) is 39.7 Å². The smallest absolute Gasteiger partial charge is 0.207 e. The van der Waals surface area contributed by atoms with E-state index in [1.54, 1.807) is 11.4 Å². The first-order valence-electron chi connectivity index (χ1n) is 4.90. The molecule has 1 rings (SSSR count). The highest BCUT2D eigenvalue weighted by atomic mass is 79.9. The Balaban J connectivity index is 2.94. The van der Waals surface area contributed by atoms with Crippen molar-refractivity contribution in [2.45, 2.75) is 37.9 Å². The van der Waals surface area contributed by atoms with Crippen LogP contribution in [0.25, 0.3) is 0 Å². The van der Waals surface area contributed by atoms with Gasteiger partial charge >= 0.3 is 0 Å². The molecular formula is C10H16BrNO2S2. The molecule has 0 fully saturated rings. The van der Waals surface area contributed by atoms with Crippen LogP contribution < -0.4 is 4.72 Å². The molecule has 1 aromatic rings. The van der Waals surface area contributed by atoms with Gasteiger partial charge in [-0.25, -0.2) is 13.1 Å². The molecule has 0 aliphatic carbocycles. The maximum atomic E-state index is 12.0. The molecule has 1 unspecified atom stereocenters. The lowest BCUT2D eigenvalue weighted by Crippen LogP contribution is -2.41. The number of rotatable bonds is 3. The molecular weight excluding hydrogens is 310 g/mol. The van der Waals surface area contributed by atoms with E-state index in [9.17, 15) is 8.42 Å². The molecule has 1 heterocycles. The molecule has 0 spiro atoms. The molecule has 1 N–H and O–H groups in total. The van der Waals surface area contributed by atoms with Crippen molar-refractivity contribution < 1.29 is 8.42 Å². The van der Waals surface area contributed by atoms with E-state index in [4.69, 9.17) is 0 Å². The maximum absolute atomic E-state index is 12.0. The van der Waals surface area contributed by atoms with Gasteiger partial charge in [0, 0.05) is 10.5 Å². The van der Waals surface area contributed by atoms with Gasteiger partial charge in [-0.1, -0.05) is 20.8 Å². The van der Waals surface area contributed by atoms with Gasteiger partial charge in [0.05, 0.1) is 0 Å². The molecule has 0 aliphatic heterocycles. The zero-order valence-corrected chi connectivity index (χ0v) is 13.0. The minimum atomic E-state index is -3.41. The van der Waals surface area contributed by atoms with Crippen molar-refractivity contribution in [2.75, 3.05) is 0 Å². The molecule has 1 aromatic heterocycles. The third-order valence-corrected chi connectivity index (χ3v) is 6.67. The van der Waals surface area contributed by atoms with Gasteiger partial charge in [0.2, 0.25) is 0 Å². The summed E-state index contributed by atoms with van der Waals surface area (Å²) >= 11 is 4.45. The Bertz CT molecular complexity index is 459.